The molecule has 5 heteroatoms. The average molecular weight is 333 g/mol. The van der Waals surface area contributed by atoms with Crippen LogP contribution in [0, 0.1) is 17.3 Å². The quantitative estimate of drug-likeness (QED) is 0.813. The van der Waals surface area contributed by atoms with Crippen LogP contribution in [-0.2, 0) is 9.53 Å². The van der Waals surface area contributed by atoms with Gasteiger partial charge in [-0.05, 0) is 31.6 Å². The first kappa shape index (κ1) is 19.7. The van der Waals surface area contributed by atoms with Gasteiger partial charge >= 0.3 is 0 Å². The summed E-state index contributed by atoms with van der Waals surface area (Å²) in [5, 5.41) is 3.11. The van der Waals surface area contributed by atoms with Crippen LogP contribution in [-0.4, -0.2) is 30.7 Å². The Bertz CT molecular complexity index is 389. The van der Waals surface area contributed by atoms with Gasteiger partial charge in [-0.3, -0.25) is 4.79 Å². The minimum atomic E-state index is -0.785. The van der Waals surface area contributed by atoms with Crippen LogP contribution in [0.4, 0.5) is 0 Å². The molecule has 0 spiro atoms. The molecule has 0 bridgehead atoms. The molecule has 0 aromatic heterocycles. The van der Waals surface area contributed by atoms with Crippen LogP contribution in [0.3, 0.4) is 0 Å². The molecule has 2 fully saturated rings. The SMILES string of the molecule is CCOC1CC(N)(C(=O)NCC2CCCC(C)C2)C1(C)C.Cl. The van der Waals surface area contributed by atoms with Crippen molar-refractivity contribution in [3.8, 4) is 0 Å². The lowest BCUT2D eigenvalue weighted by atomic mass is 9.54. The molecule has 2 aliphatic carbocycles. The molecule has 3 N–H and O–H groups in total. The molecule has 0 heterocycles. The molecule has 4 unspecified atom stereocenters. The summed E-state index contributed by atoms with van der Waals surface area (Å²) in [4.78, 5) is 12.5. The molecule has 2 aliphatic rings. The van der Waals surface area contributed by atoms with E-state index in [1.807, 2.05) is 20.8 Å². The van der Waals surface area contributed by atoms with Gasteiger partial charge in [0.1, 0.15) is 5.54 Å². The lowest BCUT2D eigenvalue weighted by molar-refractivity contribution is -0.170. The minimum Gasteiger partial charge on any atom is -0.378 e. The van der Waals surface area contributed by atoms with Crippen LogP contribution < -0.4 is 11.1 Å². The maximum atomic E-state index is 12.5. The fourth-order valence-electron chi connectivity index (χ4n) is 3.96. The highest BCUT2D eigenvalue weighted by Crippen LogP contribution is 2.49. The first-order chi connectivity index (χ1) is 9.81. The van der Waals surface area contributed by atoms with E-state index in [9.17, 15) is 4.79 Å². The van der Waals surface area contributed by atoms with E-state index < -0.39 is 5.54 Å². The lowest BCUT2D eigenvalue weighted by Crippen LogP contribution is -2.75. The molecule has 2 rings (SSSR count). The summed E-state index contributed by atoms with van der Waals surface area (Å²) in [6, 6.07) is 0. The number of ether oxygens (including phenoxy) is 1. The molecule has 0 aromatic rings. The molecular weight excluding hydrogens is 300 g/mol. The highest BCUT2D eigenvalue weighted by Gasteiger charge is 2.62. The standard InChI is InChI=1S/C17H32N2O2.ClH/c1-5-21-14-10-17(18,16(14,3)4)15(20)19-11-13-8-6-7-12(2)9-13;/h12-14H,5-11,18H2,1-4H3,(H,19,20);1H. The molecule has 0 aromatic carbocycles. The van der Waals surface area contributed by atoms with E-state index >= 15 is 0 Å². The van der Waals surface area contributed by atoms with Crippen molar-refractivity contribution < 1.29 is 9.53 Å². The Hall–Kier alpha value is -0.320. The Kier molecular flexibility index (Phi) is 6.72. The molecular formula is C17H33ClN2O2. The van der Waals surface area contributed by atoms with Crippen molar-refractivity contribution in [2.24, 2.45) is 23.0 Å². The van der Waals surface area contributed by atoms with Gasteiger partial charge in [0.05, 0.1) is 6.10 Å². The van der Waals surface area contributed by atoms with E-state index in [2.05, 4.69) is 12.2 Å². The zero-order chi connectivity index (χ0) is 15.7. The summed E-state index contributed by atoms with van der Waals surface area (Å²) < 4.78 is 5.69. The van der Waals surface area contributed by atoms with Gasteiger partial charge in [0, 0.05) is 25.0 Å². The van der Waals surface area contributed by atoms with Gasteiger partial charge in [-0.25, -0.2) is 0 Å². The number of nitrogens with two attached hydrogens (primary N) is 1. The number of carbonyl (C=O) groups is 1. The normalized spacial score (nSPS) is 36.9. The van der Waals surface area contributed by atoms with Crippen LogP contribution >= 0.6 is 12.4 Å². The second-order valence-electron chi connectivity index (χ2n) is 7.69. The Balaban J connectivity index is 0.00000242. The number of halogens is 1. The summed E-state index contributed by atoms with van der Waals surface area (Å²) in [6.07, 6.45) is 5.78. The number of amides is 1. The number of nitrogens with one attached hydrogen (secondary N) is 1. The molecule has 130 valence electrons. The Labute approximate surface area is 141 Å². The van der Waals surface area contributed by atoms with E-state index in [-0.39, 0.29) is 29.8 Å². The maximum Gasteiger partial charge on any atom is 0.240 e. The predicted molar refractivity (Wildman–Crippen MR) is 92.1 cm³/mol. The van der Waals surface area contributed by atoms with Crippen LogP contribution in [0.1, 0.15) is 59.8 Å². The molecule has 1 amide bonds. The van der Waals surface area contributed by atoms with Gasteiger partial charge in [-0.1, -0.05) is 33.6 Å². The van der Waals surface area contributed by atoms with Gasteiger partial charge in [0.15, 0.2) is 0 Å². The summed E-state index contributed by atoms with van der Waals surface area (Å²) in [7, 11) is 0. The highest BCUT2D eigenvalue weighted by molar-refractivity contribution is 5.88. The second-order valence-corrected chi connectivity index (χ2v) is 7.69. The number of hydrogen-bond acceptors (Lipinski definition) is 3. The Morgan fingerprint density at radius 1 is 1.36 bits per heavy atom. The first-order valence-corrected chi connectivity index (χ1v) is 8.50. The molecule has 4 atom stereocenters. The topological polar surface area (TPSA) is 64.3 Å². The van der Waals surface area contributed by atoms with Crippen molar-refractivity contribution in [1.82, 2.24) is 5.32 Å². The molecule has 0 radical (unpaired) electrons. The predicted octanol–water partition coefficient (Wildman–Crippen LogP) is 2.88. The van der Waals surface area contributed by atoms with E-state index in [0.29, 0.717) is 18.9 Å². The highest BCUT2D eigenvalue weighted by atomic mass is 35.5. The van der Waals surface area contributed by atoms with Crippen molar-refractivity contribution in [1.29, 1.82) is 0 Å². The van der Waals surface area contributed by atoms with E-state index in [4.69, 9.17) is 10.5 Å². The summed E-state index contributed by atoms with van der Waals surface area (Å²) >= 11 is 0. The molecule has 4 nitrogen and oxygen atoms in total. The number of hydrogen-bond donors (Lipinski definition) is 2. The zero-order valence-electron chi connectivity index (χ0n) is 14.5. The third-order valence-corrected chi connectivity index (χ3v) is 5.83. The minimum absolute atomic E-state index is 0. The smallest absolute Gasteiger partial charge is 0.240 e. The first-order valence-electron chi connectivity index (χ1n) is 8.50. The van der Waals surface area contributed by atoms with Gasteiger partial charge < -0.3 is 15.8 Å². The van der Waals surface area contributed by atoms with Crippen molar-refractivity contribution >= 4 is 18.3 Å². The monoisotopic (exact) mass is 332 g/mol. The van der Waals surface area contributed by atoms with E-state index in [0.717, 1.165) is 12.5 Å². The number of carbonyl (C=O) groups excluding carboxylic acids is 1. The van der Waals surface area contributed by atoms with Gasteiger partial charge in [-0.15, -0.1) is 12.4 Å². The average Bonchev–Trinajstić information content (AvgIpc) is 2.44. The van der Waals surface area contributed by atoms with Crippen LogP contribution in [0.15, 0.2) is 0 Å². The van der Waals surface area contributed by atoms with Gasteiger partial charge in [0.25, 0.3) is 0 Å². The molecule has 22 heavy (non-hydrogen) atoms. The summed E-state index contributed by atoms with van der Waals surface area (Å²) in [6.45, 7) is 9.82. The fraction of sp³-hybridized carbons (Fsp3) is 0.941. The Morgan fingerprint density at radius 3 is 2.59 bits per heavy atom. The van der Waals surface area contributed by atoms with Gasteiger partial charge in [-0.2, -0.15) is 0 Å². The third-order valence-electron chi connectivity index (χ3n) is 5.83. The Morgan fingerprint density at radius 2 is 2.05 bits per heavy atom. The maximum absolute atomic E-state index is 12.5. The molecule has 0 saturated heterocycles. The van der Waals surface area contributed by atoms with Crippen molar-refractivity contribution in [2.75, 3.05) is 13.2 Å². The van der Waals surface area contributed by atoms with Crippen molar-refractivity contribution in [3.05, 3.63) is 0 Å². The van der Waals surface area contributed by atoms with Crippen LogP contribution in [0.25, 0.3) is 0 Å². The van der Waals surface area contributed by atoms with E-state index in [1.165, 1.54) is 25.7 Å². The molecule has 2 saturated carbocycles. The molecule has 0 aliphatic heterocycles. The largest absolute Gasteiger partial charge is 0.378 e. The zero-order valence-corrected chi connectivity index (χ0v) is 15.3. The van der Waals surface area contributed by atoms with Crippen molar-refractivity contribution in [2.45, 2.75) is 71.4 Å². The number of rotatable bonds is 5. The van der Waals surface area contributed by atoms with Crippen LogP contribution in [0.2, 0.25) is 0 Å². The fourth-order valence-corrected chi connectivity index (χ4v) is 3.96. The lowest BCUT2D eigenvalue weighted by Gasteiger charge is -2.57. The van der Waals surface area contributed by atoms with Crippen molar-refractivity contribution in [3.63, 3.8) is 0 Å². The third kappa shape index (κ3) is 3.60. The van der Waals surface area contributed by atoms with E-state index in [1.54, 1.807) is 0 Å². The van der Waals surface area contributed by atoms with Gasteiger partial charge in [0.2, 0.25) is 5.91 Å². The van der Waals surface area contributed by atoms with Crippen LogP contribution in [0.5, 0.6) is 0 Å². The second kappa shape index (κ2) is 7.50. The summed E-state index contributed by atoms with van der Waals surface area (Å²) in [5.74, 6) is 1.41. The summed E-state index contributed by atoms with van der Waals surface area (Å²) in [5.41, 5.74) is 5.31.